The first kappa shape index (κ1) is 22.7. The standard InChI is InChI=1S/C11H9N.C6H8O7.H2O/c1-2-6-10(7-3-1)11-8-4-5-9-12-11;7-3(8)1-6(13,5(11)12)2-4(9)10;/h1-9H;13H,1-2H2,(H,7,8)(H,9,10)(H,11,12);1H2. The van der Waals surface area contributed by atoms with Crippen LogP contribution in [0.15, 0.2) is 54.7 Å². The molecule has 0 spiro atoms. The van der Waals surface area contributed by atoms with E-state index in [-0.39, 0.29) is 5.48 Å². The lowest BCUT2D eigenvalue weighted by Crippen LogP contribution is -2.42. The molecule has 0 bridgehead atoms. The van der Waals surface area contributed by atoms with Crippen molar-refractivity contribution in [1.29, 1.82) is 0 Å². The van der Waals surface area contributed by atoms with Crippen LogP contribution < -0.4 is 0 Å². The van der Waals surface area contributed by atoms with Crippen LogP contribution in [0.1, 0.15) is 12.8 Å². The van der Waals surface area contributed by atoms with E-state index in [4.69, 9.17) is 20.4 Å². The molecule has 140 valence electrons. The van der Waals surface area contributed by atoms with Crippen LogP contribution in [0.4, 0.5) is 0 Å². The number of carbonyl (C=O) groups is 3. The molecule has 2 aromatic rings. The molecule has 0 saturated heterocycles. The summed E-state index contributed by atoms with van der Waals surface area (Å²) in [4.78, 5) is 34.7. The van der Waals surface area contributed by atoms with Gasteiger partial charge in [0.1, 0.15) is 0 Å². The molecule has 0 atom stereocenters. The number of benzene rings is 1. The van der Waals surface area contributed by atoms with Crippen LogP contribution in [-0.2, 0) is 14.4 Å². The van der Waals surface area contributed by atoms with Crippen molar-refractivity contribution in [3.63, 3.8) is 0 Å². The molecular weight excluding hydrogens is 346 g/mol. The van der Waals surface area contributed by atoms with Gasteiger partial charge in [-0.2, -0.15) is 0 Å². The quantitative estimate of drug-likeness (QED) is 0.577. The van der Waals surface area contributed by atoms with E-state index in [0.717, 1.165) is 11.3 Å². The average molecular weight is 365 g/mol. The molecule has 1 aromatic heterocycles. The van der Waals surface area contributed by atoms with Gasteiger partial charge in [-0.15, -0.1) is 0 Å². The van der Waals surface area contributed by atoms with E-state index in [2.05, 4.69) is 17.1 Å². The molecular formula is C17H19NO8. The SMILES string of the molecule is O.O=C(O)CC(O)(CC(=O)O)C(=O)O.c1ccc(-c2ccccn2)cc1. The van der Waals surface area contributed by atoms with E-state index in [1.165, 1.54) is 0 Å². The second-order valence-electron chi connectivity index (χ2n) is 5.06. The molecule has 2 rings (SSSR count). The lowest BCUT2D eigenvalue weighted by atomic mass is 9.96. The van der Waals surface area contributed by atoms with E-state index in [0.29, 0.717) is 0 Å². The third kappa shape index (κ3) is 7.51. The van der Waals surface area contributed by atoms with E-state index < -0.39 is 36.4 Å². The number of carboxylic acid groups (broad SMARTS) is 3. The van der Waals surface area contributed by atoms with Crippen molar-refractivity contribution in [2.24, 2.45) is 0 Å². The highest BCUT2D eigenvalue weighted by molar-refractivity contribution is 5.88. The maximum Gasteiger partial charge on any atom is 0.336 e. The number of pyridine rings is 1. The van der Waals surface area contributed by atoms with Crippen LogP contribution in [0, 0.1) is 0 Å². The molecule has 0 unspecified atom stereocenters. The highest BCUT2D eigenvalue weighted by Gasteiger charge is 2.40. The van der Waals surface area contributed by atoms with Crippen molar-refractivity contribution in [2.45, 2.75) is 18.4 Å². The Labute approximate surface area is 148 Å². The van der Waals surface area contributed by atoms with Crippen LogP contribution in [0.5, 0.6) is 0 Å². The number of rotatable bonds is 6. The molecule has 0 fully saturated rings. The largest absolute Gasteiger partial charge is 0.481 e. The van der Waals surface area contributed by atoms with Crippen LogP contribution in [0.2, 0.25) is 0 Å². The zero-order valence-corrected chi connectivity index (χ0v) is 13.6. The molecule has 1 heterocycles. The van der Waals surface area contributed by atoms with Crippen molar-refractivity contribution >= 4 is 17.9 Å². The predicted octanol–water partition coefficient (Wildman–Crippen LogP) is 0.675. The van der Waals surface area contributed by atoms with Gasteiger partial charge in [0.2, 0.25) is 0 Å². The van der Waals surface area contributed by atoms with Gasteiger partial charge in [-0.1, -0.05) is 36.4 Å². The summed E-state index contributed by atoms with van der Waals surface area (Å²) >= 11 is 0. The summed E-state index contributed by atoms with van der Waals surface area (Å²) < 4.78 is 0. The number of hydrogen-bond acceptors (Lipinski definition) is 5. The number of aromatic nitrogens is 1. The number of hydrogen-bond donors (Lipinski definition) is 4. The lowest BCUT2D eigenvalue weighted by molar-refractivity contribution is -0.170. The fourth-order valence-corrected chi connectivity index (χ4v) is 1.86. The second kappa shape index (κ2) is 10.5. The molecule has 0 aliphatic rings. The highest BCUT2D eigenvalue weighted by Crippen LogP contribution is 2.16. The van der Waals surface area contributed by atoms with Crippen molar-refractivity contribution in [3.8, 4) is 11.3 Å². The minimum absolute atomic E-state index is 0. The Balaban J connectivity index is 0.000000463. The molecule has 0 amide bonds. The van der Waals surface area contributed by atoms with Crippen LogP contribution in [-0.4, -0.2) is 54.4 Å². The zero-order chi connectivity index (χ0) is 18.9. The van der Waals surface area contributed by atoms with Crippen LogP contribution in [0.3, 0.4) is 0 Å². The Morgan fingerprint density at radius 2 is 1.35 bits per heavy atom. The monoisotopic (exact) mass is 365 g/mol. The van der Waals surface area contributed by atoms with Crippen LogP contribution >= 0.6 is 0 Å². The molecule has 6 N–H and O–H groups in total. The first-order chi connectivity index (χ1) is 11.7. The van der Waals surface area contributed by atoms with Gasteiger partial charge in [0.05, 0.1) is 18.5 Å². The second-order valence-corrected chi connectivity index (χ2v) is 5.06. The van der Waals surface area contributed by atoms with E-state index in [1.54, 1.807) is 0 Å². The van der Waals surface area contributed by atoms with Crippen molar-refractivity contribution in [1.82, 2.24) is 4.98 Å². The average Bonchev–Trinajstić information content (AvgIpc) is 2.55. The van der Waals surface area contributed by atoms with Crippen molar-refractivity contribution < 1.29 is 40.3 Å². The predicted molar refractivity (Wildman–Crippen MR) is 90.4 cm³/mol. The molecule has 0 radical (unpaired) electrons. The summed E-state index contributed by atoms with van der Waals surface area (Å²) in [6.07, 6.45) is -0.481. The topological polar surface area (TPSA) is 177 Å². The summed E-state index contributed by atoms with van der Waals surface area (Å²) in [6, 6.07) is 16.1. The van der Waals surface area contributed by atoms with Crippen LogP contribution in [0.25, 0.3) is 11.3 Å². The molecule has 0 saturated carbocycles. The van der Waals surface area contributed by atoms with Gasteiger partial charge < -0.3 is 25.9 Å². The summed E-state index contributed by atoms with van der Waals surface area (Å²) in [6.45, 7) is 0. The molecule has 0 aliphatic carbocycles. The van der Waals surface area contributed by atoms with E-state index in [1.807, 2.05) is 42.6 Å². The van der Waals surface area contributed by atoms with Gasteiger partial charge in [0.25, 0.3) is 0 Å². The molecule has 9 nitrogen and oxygen atoms in total. The van der Waals surface area contributed by atoms with Gasteiger partial charge in [0.15, 0.2) is 5.60 Å². The normalized spacial score (nSPS) is 9.88. The number of aliphatic hydroxyl groups is 1. The van der Waals surface area contributed by atoms with Gasteiger partial charge >= 0.3 is 17.9 Å². The van der Waals surface area contributed by atoms with Gasteiger partial charge in [-0.25, -0.2) is 4.79 Å². The molecule has 26 heavy (non-hydrogen) atoms. The smallest absolute Gasteiger partial charge is 0.336 e. The van der Waals surface area contributed by atoms with E-state index in [9.17, 15) is 14.4 Å². The Morgan fingerprint density at radius 1 is 0.846 bits per heavy atom. The fraction of sp³-hybridized carbons (Fsp3) is 0.176. The maximum atomic E-state index is 10.3. The summed E-state index contributed by atoms with van der Waals surface area (Å²) in [5.74, 6) is -5.02. The molecule has 1 aromatic carbocycles. The highest BCUT2D eigenvalue weighted by atomic mass is 16.4. The lowest BCUT2D eigenvalue weighted by Gasteiger charge is -2.18. The summed E-state index contributed by atoms with van der Waals surface area (Å²) in [5.41, 5.74) is -0.547. The zero-order valence-electron chi connectivity index (χ0n) is 13.6. The Bertz CT molecular complexity index is 665. The van der Waals surface area contributed by atoms with Gasteiger partial charge in [-0.3, -0.25) is 14.6 Å². The number of carboxylic acids is 3. The minimum atomic E-state index is -2.74. The maximum absolute atomic E-state index is 10.3. The summed E-state index contributed by atoms with van der Waals surface area (Å²) in [5, 5.41) is 33.8. The minimum Gasteiger partial charge on any atom is -0.481 e. The van der Waals surface area contributed by atoms with Crippen molar-refractivity contribution in [2.75, 3.05) is 0 Å². The Hall–Kier alpha value is -3.30. The summed E-state index contributed by atoms with van der Waals surface area (Å²) in [7, 11) is 0. The van der Waals surface area contributed by atoms with E-state index >= 15 is 0 Å². The first-order valence-corrected chi connectivity index (χ1v) is 7.10. The van der Waals surface area contributed by atoms with Gasteiger partial charge in [-0.05, 0) is 12.1 Å². The third-order valence-corrected chi connectivity index (χ3v) is 3.02. The number of aliphatic carboxylic acids is 3. The molecule has 9 heteroatoms. The third-order valence-electron chi connectivity index (χ3n) is 3.02. The van der Waals surface area contributed by atoms with Gasteiger partial charge in [0, 0.05) is 11.8 Å². The fourth-order valence-electron chi connectivity index (χ4n) is 1.86. The van der Waals surface area contributed by atoms with Crippen molar-refractivity contribution in [3.05, 3.63) is 54.7 Å². The Morgan fingerprint density at radius 3 is 1.73 bits per heavy atom. The first-order valence-electron chi connectivity index (χ1n) is 7.10. The number of nitrogens with zero attached hydrogens (tertiary/aromatic N) is 1. The molecule has 0 aliphatic heterocycles. The Kier molecular flexibility index (Phi) is 9.20.